The molecular weight excluding hydrogens is 362 g/mol. The Morgan fingerprint density at radius 1 is 1.17 bits per heavy atom. The molecule has 3 aromatic rings. The van der Waals surface area contributed by atoms with E-state index >= 15 is 0 Å². The zero-order chi connectivity index (χ0) is 20.4. The van der Waals surface area contributed by atoms with Gasteiger partial charge in [0.15, 0.2) is 5.82 Å². The van der Waals surface area contributed by atoms with Crippen LogP contribution in [-0.2, 0) is 13.0 Å². The predicted molar refractivity (Wildman–Crippen MR) is 113 cm³/mol. The first-order chi connectivity index (χ1) is 14.1. The molecular formula is C23H25N5O. The SMILES string of the molecule is COc1ccccc1-n1c(C)cc(/C=C(\C#N)c2nnc3n2CCCCC3)c1C. The molecule has 0 bridgehead atoms. The molecule has 148 valence electrons. The van der Waals surface area contributed by atoms with Crippen LogP contribution in [0.2, 0.25) is 0 Å². The molecule has 6 nitrogen and oxygen atoms in total. The number of ether oxygens (including phenoxy) is 1. The number of aryl methyl sites for hydroxylation is 2. The average molecular weight is 387 g/mol. The molecule has 3 heterocycles. The van der Waals surface area contributed by atoms with Crippen LogP contribution in [0.1, 0.15) is 47.9 Å². The van der Waals surface area contributed by atoms with Crippen LogP contribution in [0.4, 0.5) is 0 Å². The monoisotopic (exact) mass is 387 g/mol. The smallest absolute Gasteiger partial charge is 0.174 e. The maximum Gasteiger partial charge on any atom is 0.174 e. The predicted octanol–water partition coefficient (Wildman–Crippen LogP) is 4.48. The summed E-state index contributed by atoms with van der Waals surface area (Å²) >= 11 is 0. The Labute approximate surface area is 171 Å². The Morgan fingerprint density at radius 3 is 2.79 bits per heavy atom. The van der Waals surface area contributed by atoms with Crippen molar-refractivity contribution < 1.29 is 4.74 Å². The largest absolute Gasteiger partial charge is 0.495 e. The van der Waals surface area contributed by atoms with Crippen molar-refractivity contribution in [1.29, 1.82) is 5.26 Å². The third kappa shape index (κ3) is 3.44. The highest BCUT2D eigenvalue weighted by molar-refractivity contribution is 5.88. The van der Waals surface area contributed by atoms with Crippen molar-refractivity contribution >= 4 is 11.6 Å². The van der Waals surface area contributed by atoms with E-state index in [-0.39, 0.29) is 0 Å². The van der Waals surface area contributed by atoms with E-state index in [0.717, 1.165) is 60.0 Å². The first-order valence-electron chi connectivity index (χ1n) is 10.0. The molecule has 0 N–H and O–H groups in total. The first-order valence-corrected chi connectivity index (χ1v) is 10.0. The molecule has 0 saturated carbocycles. The van der Waals surface area contributed by atoms with Crippen molar-refractivity contribution in [2.45, 2.75) is 46.1 Å². The van der Waals surface area contributed by atoms with Crippen LogP contribution in [0.3, 0.4) is 0 Å². The quantitative estimate of drug-likeness (QED) is 0.619. The molecule has 6 heteroatoms. The van der Waals surface area contributed by atoms with Crippen LogP contribution in [0, 0.1) is 25.2 Å². The molecule has 4 rings (SSSR count). The lowest BCUT2D eigenvalue weighted by Gasteiger charge is -2.13. The van der Waals surface area contributed by atoms with Gasteiger partial charge in [-0.1, -0.05) is 18.6 Å². The Bertz CT molecular complexity index is 1110. The Morgan fingerprint density at radius 2 is 2.00 bits per heavy atom. The fourth-order valence-electron chi connectivity index (χ4n) is 4.11. The summed E-state index contributed by atoms with van der Waals surface area (Å²) in [6.45, 7) is 4.99. The number of allylic oxidation sites excluding steroid dienone is 1. The van der Waals surface area contributed by atoms with Crippen molar-refractivity contribution in [2.75, 3.05) is 7.11 Å². The summed E-state index contributed by atoms with van der Waals surface area (Å²) in [6.07, 6.45) is 6.27. The second-order valence-electron chi connectivity index (χ2n) is 7.41. The van der Waals surface area contributed by atoms with Crippen LogP contribution in [-0.4, -0.2) is 26.4 Å². The lowest BCUT2D eigenvalue weighted by molar-refractivity contribution is 0.412. The van der Waals surface area contributed by atoms with Gasteiger partial charge in [0.2, 0.25) is 0 Å². The number of hydrogen-bond donors (Lipinski definition) is 0. The van der Waals surface area contributed by atoms with Crippen molar-refractivity contribution in [3.05, 3.63) is 58.9 Å². The summed E-state index contributed by atoms with van der Waals surface area (Å²) in [5, 5.41) is 18.6. The molecule has 1 aromatic carbocycles. The van der Waals surface area contributed by atoms with Gasteiger partial charge in [0.1, 0.15) is 17.6 Å². The molecule has 0 amide bonds. The van der Waals surface area contributed by atoms with Gasteiger partial charge in [0.25, 0.3) is 0 Å². The summed E-state index contributed by atoms with van der Waals surface area (Å²) in [7, 11) is 1.68. The number of nitriles is 1. The van der Waals surface area contributed by atoms with Crippen LogP contribution >= 0.6 is 0 Å². The Kier molecular flexibility index (Phi) is 5.22. The second-order valence-corrected chi connectivity index (χ2v) is 7.41. The van der Waals surface area contributed by atoms with E-state index in [1.165, 1.54) is 6.42 Å². The summed E-state index contributed by atoms with van der Waals surface area (Å²) in [6, 6.07) is 12.4. The molecule has 0 fully saturated rings. The third-order valence-electron chi connectivity index (χ3n) is 5.57. The number of para-hydroxylation sites is 2. The standard InChI is InChI=1S/C23H25N5O/c1-16-13-18(17(2)28(16)20-9-6-7-10-21(20)29-3)14-19(15-24)23-26-25-22-11-5-4-8-12-27(22)23/h6-7,9-10,13-14H,4-5,8,11-12H2,1-3H3/b19-14+. The molecule has 0 spiro atoms. The molecule has 0 radical (unpaired) electrons. The number of hydrogen-bond acceptors (Lipinski definition) is 4. The average Bonchev–Trinajstić information content (AvgIpc) is 3.15. The Balaban J connectivity index is 1.79. The summed E-state index contributed by atoms with van der Waals surface area (Å²) in [4.78, 5) is 0. The maximum absolute atomic E-state index is 9.87. The van der Waals surface area contributed by atoms with Crippen LogP contribution in [0.15, 0.2) is 30.3 Å². The fourth-order valence-corrected chi connectivity index (χ4v) is 4.11. The maximum atomic E-state index is 9.87. The highest BCUT2D eigenvalue weighted by atomic mass is 16.5. The van der Waals surface area contributed by atoms with E-state index in [9.17, 15) is 5.26 Å². The zero-order valence-corrected chi connectivity index (χ0v) is 17.1. The highest BCUT2D eigenvalue weighted by Gasteiger charge is 2.19. The first kappa shape index (κ1) is 19.0. The van der Waals surface area contributed by atoms with Crippen LogP contribution in [0.25, 0.3) is 17.3 Å². The molecule has 2 aromatic heterocycles. The van der Waals surface area contributed by atoms with Crippen molar-refractivity contribution in [2.24, 2.45) is 0 Å². The van der Waals surface area contributed by atoms with Crippen LogP contribution < -0.4 is 4.74 Å². The van der Waals surface area contributed by atoms with Gasteiger partial charge in [0.05, 0.1) is 18.4 Å². The lowest BCUT2D eigenvalue weighted by Crippen LogP contribution is -2.05. The minimum Gasteiger partial charge on any atom is -0.495 e. The van der Waals surface area contributed by atoms with Gasteiger partial charge in [-0.2, -0.15) is 5.26 Å². The molecule has 0 atom stereocenters. The van der Waals surface area contributed by atoms with Gasteiger partial charge in [0, 0.05) is 24.4 Å². The number of rotatable bonds is 4. The summed E-state index contributed by atoms with van der Waals surface area (Å²) < 4.78 is 9.81. The fraction of sp³-hybridized carbons (Fsp3) is 0.348. The summed E-state index contributed by atoms with van der Waals surface area (Å²) in [5.41, 5.74) is 4.66. The van der Waals surface area contributed by atoms with E-state index in [4.69, 9.17) is 4.74 Å². The van der Waals surface area contributed by atoms with E-state index in [1.807, 2.05) is 30.3 Å². The minimum atomic E-state index is 0.547. The molecule has 0 unspecified atom stereocenters. The van der Waals surface area contributed by atoms with Crippen molar-refractivity contribution in [1.82, 2.24) is 19.3 Å². The molecule has 29 heavy (non-hydrogen) atoms. The number of nitrogens with zero attached hydrogens (tertiary/aromatic N) is 5. The van der Waals surface area contributed by atoms with E-state index < -0.39 is 0 Å². The molecule has 0 saturated heterocycles. The van der Waals surface area contributed by atoms with Gasteiger partial charge in [-0.05, 0) is 56.5 Å². The van der Waals surface area contributed by atoms with E-state index in [0.29, 0.717) is 11.4 Å². The van der Waals surface area contributed by atoms with Gasteiger partial charge in [-0.25, -0.2) is 0 Å². The third-order valence-corrected chi connectivity index (χ3v) is 5.57. The molecule has 1 aliphatic heterocycles. The highest BCUT2D eigenvalue weighted by Crippen LogP contribution is 2.30. The second kappa shape index (κ2) is 7.96. The minimum absolute atomic E-state index is 0.547. The van der Waals surface area contributed by atoms with Gasteiger partial charge in [-0.3, -0.25) is 0 Å². The zero-order valence-electron chi connectivity index (χ0n) is 17.1. The normalized spacial score (nSPS) is 14.2. The van der Waals surface area contributed by atoms with Crippen molar-refractivity contribution in [3.8, 4) is 17.5 Å². The van der Waals surface area contributed by atoms with Gasteiger partial charge < -0.3 is 13.9 Å². The lowest BCUT2D eigenvalue weighted by atomic mass is 10.1. The number of benzene rings is 1. The van der Waals surface area contributed by atoms with Crippen molar-refractivity contribution in [3.63, 3.8) is 0 Å². The number of aromatic nitrogens is 4. The van der Waals surface area contributed by atoms with E-state index in [1.54, 1.807) is 7.11 Å². The Hall–Kier alpha value is -3.33. The van der Waals surface area contributed by atoms with Crippen LogP contribution in [0.5, 0.6) is 5.75 Å². The number of fused-ring (bicyclic) bond motifs is 1. The summed E-state index contributed by atoms with van der Waals surface area (Å²) in [5.74, 6) is 2.47. The topological polar surface area (TPSA) is 68.7 Å². The molecule has 1 aliphatic rings. The van der Waals surface area contributed by atoms with E-state index in [2.05, 4.69) is 45.3 Å². The molecule has 0 aliphatic carbocycles. The van der Waals surface area contributed by atoms with Gasteiger partial charge in [-0.15, -0.1) is 10.2 Å². The van der Waals surface area contributed by atoms with Gasteiger partial charge >= 0.3 is 0 Å². The number of methoxy groups -OCH3 is 1.